The zero-order valence-corrected chi connectivity index (χ0v) is 12.6. The Morgan fingerprint density at radius 1 is 1.63 bits per heavy atom. The first kappa shape index (κ1) is 16.4. The molecule has 1 fully saturated rings. The Balaban J connectivity index is 2.64. The summed E-state index contributed by atoms with van der Waals surface area (Å²) >= 11 is 0. The summed E-state index contributed by atoms with van der Waals surface area (Å²) in [7, 11) is 0. The summed E-state index contributed by atoms with van der Waals surface area (Å²) < 4.78 is 5.63. The summed E-state index contributed by atoms with van der Waals surface area (Å²) in [6.07, 6.45) is 1.84. The van der Waals surface area contributed by atoms with Gasteiger partial charge in [0.15, 0.2) is 0 Å². The van der Waals surface area contributed by atoms with E-state index in [9.17, 15) is 9.90 Å². The first-order valence-corrected chi connectivity index (χ1v) is 7.23. The molecule has 0 aromatic rings. The van der Waals surface area contributed by atoms with Gasteiger partial charge in [0, 0.05) is 25.7 Å². The van der Waals surface area contributed by atoms with Crippen molar-refractivity contribution in [2.45, 2.75) is 58.2 Å². The molecule has 0 spiro atoms. The molecule has 0 aromatic carbocycles. The predicted molar refractivity (Wildman–Crippen MR) is 75.4 cm³/mol. The number of likely N-dealkylation sites (N-methyl/N-ethyl adjacent to an activating group) is 1. The maximum atomic E-state index is 11.5. The topological polar surface area (TPSA) is 61.8 Å². The van der Waals surface area contributed by atoms with Gasteiger partial charge < -0.3 is 15.2 Å². The summed E-state index contributed by atoms with van der Waals surface area (Å²) in [5, 5.41) is 12.5. The number of ether oxygens (including phenoxy) is 1. The highest BCUT2D eigenvalue weighted by Gasteiger charge is 2.35. The minimum Gasteiger partial charge on any atom is -0.480 e. The standard InChI is InChI=1S/C14H28N2O3/c1-5-15-14(4,13(17)18)9-11(2)16-7-6-8-19-12(3)10-16/h11-12,15H,5-10H2,1-4H3,(H,17,18). The molecule has 0 saturated carbocycles. The Morgan fingerprint density at radius 3 is 2.89 bits per heavy atom. The number of hydrogen-bond acceptors (Lipinski definition) is 4. The van der Waals surface area contributed by atoms with Gasteiger partial charge in [-0.15, -0.1) is 0 Å². The van der Waals surface area contributed by atoms with E-state index in [1.165, 1.54) is 0 Å². The first-order valence-electron chi connectivity index (χ1n) is 7.23. The van der Waals surface area contributed by atoms with Crippen molar-refractivity contribution in [2.24, 2.45) is 0 Å². The van der Waals surface area contributed by atoms with Crippen LogP contribution in [0.3, 0.4) is 0 Å². The molecule has 0 radical (unpaired) electrons. The molecule has 1 aliphatic rings. The highest BCUT2D eigenvalue weighted by molar-refractivity contribution is 5.78. The summed E-state index contributed by atoms with van der Waals surface area (Å²) in [6.45, 7) is 11.2. The van der Waals surface area contributed by atoms with E-state index >= 15 is 0 Å². The van der Waals surface area contributed by atoms with Crippen LogP contribution in [0.4, 0.5) is 0 Å². The number of carboxylic acids is 1. The number of nitrogens with zero attached hydrogens (tertiary/aromatic N) is 1. The van der Waals surface area contributed by atoms with Crippen molar-refractivity contribution in [2.75, 3.05) is 26.2 Å². The second-order valence-corrected chi connectivity index (χ2v) is 5.75. The van der Waals surface area contributed by atoms with Gasteiger partial charge in [-0.25, -0.2) is 0 Å². The maximum absolute atomic E-state index is 11.5. The third-order valence-electron chi connectivity index (χ3n) is 3.85. The van der Waals surface area contributed by atoms with Crippen molar-refractivity contribution >= 4 is 5.97 Å². The maximum Gasteiger partial charge on any atom is 0.323 e. The van der Waals surface area contributed by atoms with E-state index in [1.54, 1.807) is 6.92 Å². The van der Waals surface area contributed by atoms with Crippen molar-refractivity contribution in [3.05, 3.63) is 0 Å². The smallest absolute Gasteiger partial charge is 0.323 e. The molecular formula is C14H28N2O3. The second kappa shape index (κ2) is 7.22. The quantitative estimate of drug-likeness (QED) is 0.764. The van der Waals surface area contributed by atoms with Crippen LogP contribution in [0.2, 0.25) is 0 Å². The molecule has 0 aliphatic carbocycles. The van der Waals surface area contributed by atoms with Gasteiger partial charge in [0.1, 0.15) is 5.54 Å². The number of hydrogen-bond donors (Lipinski definition) is 2. The second-order valence-electron chi connectivity index (χ2n) is 5.75. The molecular weight excluding hydrogens is 244 g/mol. The average molecular weight is 272 g/mol. The van der Waals surface area contributed by atoms with E-state index < -0.39 is 11.5 Å². The Kier molecular flexibility index (Phi) is 6.23. The first-order chi connectivity index (χ1) is 8.89. The molecule has 3 atom stereocenters. The fraction of sp³-hybridized carbons (Fsp3) is 0.929. The average Bonchev–Trinajstić information content (AvgIpc) is 2.54. The molecule has 5 nitrogen and oxygen atoms in total. The van der Waals surface area contributed by atoms with Crippen molar-refractivity contribution in [1.29, 1.82) is 0 Å². The molecule has 3 unspecified atom stereocenters. The Hall–Kier alpha value is -0.650. The number of carboxylic acid groups (broad SMARTS) is 1. The van der Waals surface area contributed by atoms with Gasteiger partial charge in [0.2, 0.25) is 0 Å². The third kappa shape index (κ3) is 4.75. The molecule has 0 amide bonds. The van der Waals surface area contributed by atoms with E-state index in [2.05, 4.69) is 24.1 Å². The van der Waals surface area contributed by atoms with E-state index in [4.69, 9.17) is 4.74 Å². The monoisotopic (exact) mass is 272 g/mol. The van der Waals surface area contributed by atoms with Crippen LogP contribution in [0.15, 0.2) is 0 Å². The van der Waals surface area contributed by atoms with Crippen molar-refractivity contribution in [1.82, 2.24) is 10.2 Å². The van der Waals surface area contributed by atoms with Crippen LogP contribution < -0.4 is 5.32 Å². The fourth-order valence-electron chi connectivity index (χ4n) is 2.77. The molecule has 1 heterocycles. The van der Waals surface area contributed by atoms with E-state index in [1.807, 2.05) is 6.92 Å². The summed E-state index contributed by atoms with van der Waals surface area (Å²) in [5.41, 5.74) is -0.857. The van der Waals surface area contributed by atoms with Crippen LogP contribution >= 0.6 is 0 Å². The van der Waals surface area contributed by atoms with Crippen LogP contribution in [-0.2, 0) is 9.53 Å². The number of aliphatic carboxylic acids is 1. The number of rotatable bonds is 6. The van der Waals surface area contributed by atoms with Crippen LogP contribution in [-0.4, -0.2) is 59.9 Å². The van der Waals surface area contributed by atoms with Crippen LogP contribution in [0.25, 0.3) is 0 Å². The molecule has 0 aromatic heterocycles. The predicted octanol–water partition coefficient (Wildman–Crippen LogP) is 1.33. The molecule has 112 valence electrons. The van der Waals surface area contributed by atoms with Crippen molar-refractivity contribution < 1.29 is 14.6 Å². The zero-order valence-electron chi connectivity index (χ0n) is 12.6. The highest BCUT2D eigenvalue weighted by atomic mass is 16.5. The lowest BCUT2D eigenvalue weighted by atomic mass is 9.92. The van der Waals surface area contributed by atoms with Crippen LogP contribution in [0, 0.1) is 0 Å². The van der Waals surface area contributed by atoms with Gasteiger partial charge in [-0.3, -0.25) is 9.69 Å². The highest BCUT2D eigenvalue weighted by Crippen LogP contribution is 2.19. The SMILES string of the molecule is CCNC(C)(CC(C)N1CCCOC(C)C1)C(=O)O. The van der Waals surface area contributed by atoms with Gasteiger partial charge in [0.25, 0.3) is 0 Å². The fourth-order valence-corrected chi connectivity index (χ4v) is 2.77. The lowest BCUT2D eigenvalue weighted by molar-refractivity contribution is -0.145. The van der Waals surface area contributed by atoms with Gasteiger partial charge in [-0.2, -0.15) is 0 Å². The summed E-state index contributed by atoms with van der Waals surface area (Å²) in [4.78, 5) is 13.8. The Morgan fingerprint density at radius 2 is 2.32 bits per heavy atom. The van der Waals surface area contributed by atoms with Gasteiger partial charge in [-0.05, 0) is 40.2 Å². The molecule has 5 heteroatoms. The largest absolute Gasteiger partial charge is 0.480 e. The van der Waals surface area contributed by atoms with Crippen molar-refractivity contribution in [3.8, 4) is 0 Å². The molecule has 19 heavy (non-hydrogen) atoms. The zero-order chi connectivity index (χ0) is 14.5. The number of carbonyl (C=O) groups is 1. The molecule has 1 aliphatic heterocycles. The summed E-state index contributed by atoms with van der Waals surface area (Å²) in [6, 6.07) is 0.226. The van der Waals surface area contributed by atoms with Crippen LogP contribution in [0.5, 0.6) is 0 Å². The Labute approximate surface area is 116 Å². The minimum absolute atomic E-state index is 0.222. The Bertz CT molecular complexity index is 298. The molecule has 1 rings (SSSR count). The minimum atomic E-state index is -0.857. The van der Waals surface area contributed by atoms with Gasteiger partial charge in [-0.1, -0.05) is 6.92 Å². The molecule has 1 saturated heterocycles. The van der Waals surface area contributed by atoms with Crippen LogP contribution in [0.1, 0.15) is 40.5 Å². The lowest BCUT2D eigenvalue weighted by Crippen LogP contribution is -2.54. The number of nitrogens with one attached hydrogen (secondary N) is 1. The molecule has 2 N–H and O–H groups in total. The van der Waals surface area contributed by atoms with E-state index in [-0.39, 0.29) is 12.1 Å². The van der Waals surface area contributed by atoms with E-state index in [0.717, 1.165) is 26.1 Å². The van der Waals surface area contributed by atoms with Gasteiger partial charge >= 0.3 is 5.97 Å². The van der Waals surface area contributed by atoms with E-state index in [0.29, 0.717) is 13.0 Å². The van der Waals surface area contributed by atoms with Gasteiger partial charge in [0.05, 0.1) is 6.10 Å². The van der Waals surface area contributed by atoms with Crippen molar-refractivity contribution in [3.63, 3.8) is 0 Å². The normalized spacial score (nSPS) is 26.4. The lowest BCUT2D eigenvalue weighted by Gasteiger charge is -2.35. The summed E-state index contributed by atoms with van der Waals surface area (Å²) in [5.74, 6) is -0.777. The molecule has 0 bridgehead atoms. The third-order valence-corrected chi connectivity index (χ3v) is 3.85.